The van der Waals surface area contributed by atoms with E-state index < -0.39 is 0 Å². The van der Waals surface area contributed by atoms with E-state index in [0.29, 0.717) is 0 Å². The lowest BCUT2D eigenvalue weighted by atomic mass is 10.00. The Morgan fingerprint density at radius 2 is 2.35 bits per heavy atom. The zero-order valence-corrected chi connectivity index (χ0v) is 10.3. The van der Waals surface area contributed by atoms with Crippen LogP contribution in [0.25, 0.3) is 0 Å². The molecule has 1 N–H and O–H groups in total. The van der Waals surface area contributed by atoms with Gasteiger partial charge in [-0.05, 0) is 31.8 Å². The van der Waals surface area contributed by atoms with Gasteiger partial charge in [-0.25, -0.2) is 4.39 Å². The fraction of sp³-hybridized carbons (Fsp3) is 0.538. The minimum Gasteiger partial charge on any atom is -0.374 e. The van der Waals surface area contributed by atoms with Crippen molar-refractivity contribution in [1.29, 1.82) is 0 Å². The number of hydrogen-bond donors (Lipinski definition) is 1. The van der Waals surface area contributed by atoms with Crippen LogP contribution in [0.15, 0.2) is 24.3 Å². The molecule has 0 spiro atoms. The number of ether oxygens (including phenoxy) is 1. The second-order valence-corrected chi connectivity index (χ2v) is 4.49. The van der Waals surface area contributed by atoms with Gasteiger partial charge in [0, 0.05) is 13.1 Å². The minimum atomic E-state index is -0.202. The standard InChI is InChI=1S/C13H19FN2O/c1-15-13(10-4-3-5-11(14)8-10)12-9-16(2)6-7-17-12/h3-5,8,12-13,15H,6-7,9H2,1-2H3. The van der Waals surface area contributed by atoms with Gasteiger partial charge >= 0.3 is 0 Å². The molecule has 3 nitrogen and oxygen atoms in total. The Bertz CT molecular complexity index is 372. The van der Waals surface area contributed by atoms with Crippen LogP contribution in [0.3, 0.4) is 0 Å². The summed E-state index contributed by atoms with van der Waals surface area (Å²) in [5.74, 6) is -0.202. The largest absolute Gasteiger partial charge is 0.374 e. The molecule has 2 rings (SSSR count). The Labute approximate surface area is 102 Å². The van der Waals surface area contributed by atoms with Crippen molar-refractivity contribution < 1.29 is 9.13 Å². The molecule has 0 bridgehead atoms. The zero-order valence-electron chi connectivity index (χ0n) is 10.3. The summed E-state index contributed by atoms with van der Waals surface area (Å²) in [5.41, 5.74) is 0.938. The normalized spacial score (nSPS) is 23.6. The molecule has 1 aromatic carbocycles. The van der Waals surface area contributed by atoms with Gasteiger partial charge in [-0.1, -0.05) is 12.1 Å². The summed E-state index contributed by atoms with van der Waals surface area (Å²) in [7, 11) is 3.96. The third-order valence-corrected chi connectivity index (χ3v) is 3.19. The number of halogens is 1. The highest BCUT2D eigenvalue weighted by molar-refractivity contribution is 5.21. The fourth-order valence-corrected chi connectivity index (χ4v) is 2.28. The Morgan fingerprint density at radius 3 is 3.00 bits per heavy atom. The van der Waals surface area contributed by atoms with Crippen molar-refractivity contribution in [2.45, 2.75) is 12.1 Å². The lowest BCUT2D eigenvalue weighted by molar-refractivity contribution is -0.0380. The Hall–Kier alpha value is -0.970. The number of nitrogens with zero attached hydrogens (tertiary/aromatic N) is 1. The molecule has 1 aliphatic rings. The lowest BCUT2D eigenvalue weighted by Crippen LogP contribution is -2.46. The molecule has 2 unspecified atom stereocenters. The van der Waals surface area contributed by atoms with E-state index in [1.807, 2.05) is 13.1 Å². The molecule has 94 valence electrons. The van der Waals surface area contributed by atoms with Crippen LogP contribution in [0.1, 0.15) is 11.6 Å². The molecule has 2 atom stereocenters. The summed E-state index contributed by atoms with van der Waals surface area (Å²) in [6.45, 7) is 2.55. The first-order chi connectivity index (χ1) is 8.20. The maximum Gasteiger partial charge on any atom is 0.123 e. The number of rotatable bonds is 3. The minimum absolute atomic E-state index is 0.0356. The van der Waals surface area contributed by atoms with Crippen molar-refractivity contribution in [3.63, 3.8) is 0 Å². The van der Waals surface area contributed by atoms with E-state index >= 15 is 0 Å². The average Bonchev–Trinajstić information content (AvgIpc) is 2.30. The van der Waals surface area contributed by atoms with E-state index in [4.69, 9.17) is 4.74 Å². The van der Waals surface area contributed by atoms with Gasteiger partial charge in [0.05, 0.1) is 18.8 Å². The molecule has 1 heterocycles. The van der Waals surface area contributed by atoms with Crippen LogP contribution in [0.4, 0.5) is 4.39 Å². The summed E-state index contributed by atoms with van der Waals surface area (Å²) in [4.78, 5) is 2.23. The molecule has 0 aliphatic carbocycles. The summed E-state index contributed by atoms with van der Waals surface area (Å²) in [6, 6.07) is 6.74. The van der Waals surface area contributed by atoms with Gasteiger partial charge in [0.25, 0.3) is 0 Å². The molecule has 1 aliphatic heterocycles. The first-order valence-electron chi connectivity index (χ1n) is 5.93. The van der Waals surface area contributed by atoms with Gasteiger partial charge in [0.2, 0.25) is 0 Å². The van der Waals surface area contributed by atoms with Gasteiger partial charge in [-0.15, -0.1) is 0 Å². The number of likely N-dealkylation sites (N-methyl/N-ethyl adjacent to an activating group) is 2. The quantitative estimate of drug-likeness (QED) is 0.862. The maximum absolute atomic E-state index is 13.2. The molecule has 0 aromatic heterocycles. The molecular weight excluding hydrogens is 219 g/mol. The van der Waals surface area contributed by atoms with E-state index in [-0.39, 0.29) is 18.0 Å². The monoisotopic (exact) mass is 238 g/mol. The smallest absolute Gasteiger partial charge is 0.123 e. The summed E-state index contributed by atoms with van der Waals surface area (Å²) < 4.78 is 19.0. The molecule has 17 heavy (non-hydrogen) atoms. The van der Waals surface area contributed by atoms with Crippen LogP contribution < -0.4 is 5.32 Å². The van der Waals surface area contributed by atoms with E-state index in [9.17, 15) is 4.39 Å². The van der Waals surface area contributed by atoms with Crippen LogP contribution in [-0.4, -0.2) is 44.8 Å². The SMILES string of the molecule is CNC(c1cccc(F)c1)C1CN(C)CCO1. The first kappa shape index (κ1) is 12.5. The van der Waals surface area contributed by atoms with E-state index in [0.717, 1.165) is 25.3 Å². The molecule has 0 saturated carbocycles. The van der Waals surface area contributed by atoms with Gasteiger partial charge in [-0.3, -0.25) is 0 Å². The highest BCUT2D eigenvalue weighted by Gasteiger charge is 2.26. The fourth-order valence-electron chi connectivity index (χ4n) is 2.28. The van der Waals surface area contributed by atoms with Crippen LogP contribution in [0.2, 0.25) is 0 Å². The van der Waals surface area contributed by atoms with E-state index in [1.165, 1.54) is 6.07 Å². The summed E-state index contributed by atoms with van der Waals surface area (Å²) in [6.07, 6.45) is 0.0700. The maximum atomic E-state index is 13.2. The third kappa shape index (κ3) is 3.03. The predicted octanol–water partition coefficient (Wildman–Crippen LogP) is 1.42. The molecule has 0 radical (unpaired) electrons. The van der Waals surface area contributed by atoms with Crippen LogP contribution in [0, 0.1) is 5.82 Å². The third-order valence-electron chi connectivity index (χ3n) is 3.19. The molecular formula is C13H19FN2O. The highest BCUT2D eigenvalue weighted by Crippen LogP contribution is 2.22. The number of benzene rings is 1. The van der Waals surface area contributed by atoms with E-state index in [2.05, 4.69) is 17.3 Å². The van der Waals surface area contributed by atoms with Crippen LogP contribution in [-0.2, 0) is 4.74 Å². The molecule has 1 saturated heterocycles. The zero-order chi connectivity index (χ0) is 12.3. The predicted molar refractivity (Wildman–Crippen MR) is 65.4 cm³/mol. The topological polar surface area (TPSA) is 24.5 Å². The van der Waals surface area contributed by atoms with E-state index in [1.54, 1.807) is 12.1 Å². The summed E-state index contributed by atoms with van der Waals surface area (Å²) >= 11 is 0. The van der Waals surface area contributed by atoms with Crippen LogP contribution >= 0.6 is 0 Å². The number of hydrogen-bond acceptors (Lipinski definition) is 3. The van der Waals surface area contributed by atoms with Gasteiger partial charge in [0.15, 0.2) is 0 Å². The van der Waals surface area contributed by atoms with Crippen molar-refractivity contribution >= 4 is 0 Å². The lowest BCUT2D eigenvalue weighted by Gasteiger charge is -2.35. The Balaban J connectivity index is 2.15. The molecule has 0 amide bonds. The average molecular weight is 238 g/mol. The second kappa shape index (κ2) is 5.58. The van der Waals surface area contributed by atoms with Crippen LogP contribution in [0.5, 0.6) is 0 Å². The van der Waals surface area contributed by atoms with Crippen molar-refractivity contribution in [2.75, 3.05) is 33.8 Å². The van der Waals surface area contributed by atoms with Gasteiger partial charge in [0.1, 0.15) is 5.82 Å². The highest BCUT2D eigenvalue weighted by atomic mass is 19.1. The van der Waals surface area contributed by atoms with Gasteiger partial charge in [-0.2, -0.15) is 0 Å². The Morgan fingerprint density at radius 1 is 1.53 bits per heavy atom. The summed E-state index contributed by atoms with van der Waals surface area (Å²) in [5, 5.41) is 3.22. The molecule has 1 fully saturated rings. The van der Waals surface area contributed by atoms with Crippen molar-refractivity contribution in [2.24, 2.45) is 0 Å². The van der Waals surface area contributed by atoms with Gasteiger partial charge < -0.3 is 15.0 Å². The van der Waals surface area contributed by atoms with Crippen molar-refractivity contribution in [3.05, 3.63) is 35.6 Å². The number of morpholine rings is 1. The van der Waals surface area contributed by atoms with Crippen molar-refractivity contribution in [3.8, 4) is 0 Å². The molecule has 1 aromatic rings. The Kier molecular flexibility index (Phi) is 4.10. The van der Waals surface area contributed by atoms with Crippen molar-refractivity contribution in [1.82, 2.24) is 10.2 Å². The number of nitrogens with one attached hydrogen (secondary N) is 1. The first-order valence-corrected chi connectivity index (χ1v) is 5.93. The molecule has 4 heteroatoms. The second-order valence-electron chi connectivity index (χ2n) is 4.49.